The van der Waals surface area contributed by atoms with Gasteiger partial charge in [-0.15, -0.1) is 11.3 Å². The van der Waals surface area contributed by atoms with Gasteiger partial charge >= 0.3 is 0 Å². The third-order valence-corrected chi connectivity index (χ3v) is 4.04. The van der Waals surface area contributed by atoms with Crippen molar-refractivity contribution in [1.29, 1.82) is 0 Å². The Morgan fingerprint density at radius 3 is 2.80 bits per heavy atom. The summed E-state index contributed by atoms with van der Waals surface area (Å²) in [6.07, 6.45) is 5.26. The van der Waals surface area contributed by atoms with Crippen LogP contribution in [0.25, 0.3) is 0 Å². The number of furan rings is 1. The summed E-state index contributed by atoms with van der Waals surface area (Å²) in [6, 6.07) is 9.98. The zero-order chi connectivity index (χ0) is 13.8. The van der Waals surface area contributed by atoms with Crippen LogP contribution in [0.3, 0.4) is 0 Å². The Labute approximate surface area is 126 Å². The van der Waals surface area contributed by atoms with E-state index in [1.54, 1.807) is 23.9 Å². The minimum Gasteiger partial charge on any atom is -0.470 e. The molecule has 0 aliphatic rings. The summed E-state index contributed by atoms with van der Waals surface area (Å²) < 4.78 is 5.20. The van der Waals surface area contributed by atoms with Crippen LogP contribution in [0.15, 0.2) is 58.9 Å². The summed E-state index contributed by atoms with van der Waals surface area (Å²) in [4.78, 5) is 7.69. The fourth-order valence-electron chi connectivity index (χ4n) is 1.99. The van der Waals surface area contributed by atoms with Crippen molar-refractivity contribution in [3.05, 3.63) is 70.0 Å². The fraction of sp³-hybridized carbons (Fsp3) is 0.133. The first-order valence-corrected chi connectivity index (χ1v) is 7.47. The van der Waals surface area contributed by atoms with Gasteiger partial charge in [-0.2, -0.15) is 0 Å². The molecule has 0 aliphatic carbocycles. The van der Waals surface area contributed by atoms with Gasteiger partial charge in [0.2, 0.25) is 0 Å². The van der Waals surface area contributed by atoms with Crippen LogP contribution in [-0.2, 0) is 13.1 Å². The highest BCUT2D eigenvalue weighted by Gasteiger charge is 2.10. The van der Waals surface area contributed by atoms with E-state index >= 15 is 0 Å². The molecule has 0 N–H and O–H groups in total. The highest BCUT2D eigenvalue weighted by molar-refractivity contribution is 7.09. The number of halogens is 1. The zero-order valence-corrected chi connectivity index (χ0v) is 12.3. The van der Waals surface area contributed by atoms with Crippen LogP contribution >= 0.6 is 22.9 Å². The van der Waals surface area contributed by atoms with Crippen molar-refractivity contribution in [3.8, 4) is 0 Å². The Morgan fingerprint density at radius 1 is 1.20 bits per heavy atom. The maximum absolute atomic E-state index is 5.82. The van der Waals surface area contributed by atoms with Crippen molar-refractivity contribution < 1.29 is 4.42 Å². The lowest BCUT2D eigenvalue weighted by atomic mass is 10.2. The predicted octanol–water partition coefficient (Wildman–Crippen LogP) is 4.60. The van der Waals surface area contributed by atoms with Crippen molar-refractivity contribution >= 4 is 28.6 Å². The van der Waals surface area contributed by atoms with E-state index in [4.69, 9.17) is 16.0 Å². The maximum Gasteiger partial charge on any atom is 0.129 e. The molecule has 0 aromatic carbocycles. The number of thiophene rings is 1. The molecule has 20 heavy (non-hydrogen) atoms. The van der Waals surface area contributed by atoms with Crippen LogP contribution in [0.2, 0.25) is 5.15 Å². The summed E-state index contributed by atoms with van der Waals surface area (Å²) in [5, 5.41) is 2.61. The predicted molar refractivity (Wildman–Crippen MR) is 82.2 cm³/mol. The van der Waals surface area contributed by atoms with Gasteiger partial charge in [0.1, 0.15) is 11.4 Å². The maximum atomic E-state index is 5.82. The van der Waals surface area contributed by atoms with Crippen molar-refractivity contribution in [2.24, 2.45) is 0 Å². The minimum atomic E-state index is 0.516. The molecular weight excluding hydrogens is 292 g/mol. The Morgan fingerprint density at radius 2 is 2.15 bits per heavy atom. The van der Waals surface area contributed by atoms with E-state index in [0.717, 1.165) is 24.3 Å². The summed E-state index contributed by atoms with van der Waals surface area (Å²) in [5.41, 5.74) is 2.18. The molecule has 3 aromatic rings. The quantitative estimate of drug-likeness (QED) is 0.645. The highest BCUT2D eigenvalue weighted by Crippen LogP contribution is 2.22. The second kappa shape index (κ2) is 6.11. The number of aromatic nitrogens is 1. The largest absolute Gasteiger partial charge is 0.470 e. The van der Waals surface area contributed by atoms with Crippen LogP contribution < -0.4 is 4.90 Å². The molecule has 3 heterocycles. The standard InChI is InChI=1S/C15H13ClN2OS/c16-15-4-3-12(8-17-15)9-18(13-5-6-19-11-13)10-14-2-1-7-20-14/h1-8,11H,9-10H2. The van der Waals surface area contributed by atoms with E-state index in [2.05, 4.69) is 27.4 Å². The summed E-state index contributed by atoms with van der Waals surface area (Å²) >= 11 is 7.58. The third-order valence-electron chi connectivity index (χ3n) is 2.96. The van der Waals surface area contributed by atoms with Crippen LogP contribution in [-0.4, -0.2) is 4.98 Å². The van der Waals surface area contributed by atoms with Gasteiger partial charge in [-0.05, 0) is 29.1 Å². The summed E-state index contributed by atoms with van der Waals surface area (Å²) in [5.74, 6) is 0. The average Bonchev–Trinajstić information content (AvgIpc) is 3.12. The Hall–Kier alpha value is -1.78. The van der Waals surface area contributed by atoms with Crippen molar-refractivity contribution in [2.45, 2.75) is 13.1 Å². The van der Waals surface area contributed by atoms with E-state index in [1.807, 2.05) is 24.4 Å². The van der Waals surface area contributed by atoms with Crippen LogP contribution in [0.1, 0.15) is 10.4 Å². The average molecular weight is 305 g/mol. The van der Waals surface area contributed by atoms with Crippen molar-refractivity contribution in [1.82, 2.24) is 4.98 Å². The molecule has 5 heteroatoms. The first-order chi connectivity index (χ1) is 9.81. The molecular formula is C15H13ClN2OS. The van der Waals surface area contributed by atoms with Gasteiger partial charge < -0.3 is 9.32 Å². The van der Waals surface area contributed by atoms with Crippen LogP contribution in [0, 0.1) is 0 Å². The zero-order valence-electron chi connectivity index (χ0n) is 10.7. The van der Waals surface area contributed by atoms with Gasteiger partial charge in [-0.1, -0.05) is 23.7 Å². The minimum absolute atomic E-state index is 0.516. The number of hydrogen-bond acceptors (Lipinski definition) is 4. The number of pyridine rings is 1. The highest BCUT2D eigenvalue weighted by atomic mass is 35.5. The molecule has 3 aromatic heterocycles. The Bertz CT molecular complexity index is 635. The topological polar surface area (TPSA) is 29.3 Å². The van der Waals surface area contributed by atoms with E-state index in [1.165, 1.54) is 4.88 Å². The molecule has 3 rings (SSSR count). The number of hydrogen-bond donors (Lipinski definition) is 0. The Kier molecular flexibility index (Phi) is 4.04. The SMILES string of the molecule is Clc1ccc(CN(Cc2cccs2)c2ccoc2)cn1. The molecule has 0 spiro atoms. The first-order valence-electron chi connectivity index (χ1n) is 6.21. The smallest absolute Gasteiger partial charge is 0.129 e. The second-order valence-electron chi connectivity index (χ2n) is 4.41. The lowest BCUT2D eigenvalue weighted by Crippen LogP contribution is -2.21. The molecule has 0 amide bonds. The van der Waals surface area contributed by atoms with Crippen molar-refractivity contribution in [2.75, 3.05) is 4.90 Å². The Balaban J connectivity index is 1.80. The van der Waals surface area contributed by atoms with E-state index in [9.17, 15) is 0 Å². The van der Waals surface area contributed by atoms with E-state index in [-0.39, 0.29) is 0 Å². The van der Waals surface area contributed by atoms with E-state index < -0.39 is 0 Å². The third kappa shape index (κ3) is 3.21. The number of rotatable bonds is 5. The molecule has 0 bridgehead atoms. The van der Waals surface area contributed by atoms with Gasteiger partial charge in [0.25, 0.3) is 0 Å². The monoisotopic (exact) mass is 304 g/mol. The molecule has 0 saturated carbocycles. The molecule has 0 atom stereocenters. The van der Waals surface area contributed by atoms with Gasteiger partial charge in [-0.25, -0.2) is 4.98 Å². The van der Waals surface area contributed by atoms with Gasteiger partial charge in [-0.3, -0.25) is 0 Å². The molecule has 0 unspecified atom stereocenters. The normalized spacial score (nSPS) is 10.7. The molecule has 0 aliphatic heterocycles. The van der Waals surface area contributed by atoms with Crippen LogP contribution in [0.5, 0.6) is 0 Å². The lowest BCUT2D eigenvalue weighted by molar-refractivity contribution is 0.565. The summed E-state index contributed by atoms with van der Waals surface area (Å²) in [7, 11) is 0. The lowest BCUT2D eigenvalue weighted by Gasteiger charge is -2.22. The molecule has 102 valence electrons. The summed E-state index contributed by atoms with van der Waals surface area (Å²) in [6.45, 7) is 1.61. The molecule has 3 nitrogen and oxygen atoms in total. The van der Waals surface area contributed by atoms with Crippen molar-refractivity contribution in [3.63, 3.8) is 0 Å². The van der Waals surface area contributed by atoms with E-state index in [0.29, 0.717) is 5.15 Å². The first kappa shape index (κ1) is 13.2. The number of anilines is 1. The fourth-order valence-corrected chi connectivity index (χ4v) is 2.82. The van der Waals surface area contributed by atoms with Gasteiger partial charge in [0.15, 0.2) is 0 Å². The van der Waals surface area contributed by atoms with Crippen LogP contribution in [0.4, 0.5) is 5.69 Å². The molecule has 0 fully saturated rings. The van der Waals surface area contributed by atoms with Gasteiger partial charge in [0.05, 0.1) is 18.5 Å². The van der Waals surface area contributed by atoms with Gasteiger partial charge in [0, 0.05) is 17.6 Å². The molecule has 0 saturated heterocycles. The second-order valence-corrected chi connectivity index (χ2v) is 5.83. The molecule has 0 radical (unpaired) electrons. The number of nitrogens with zero attached hydrogens (tertiary/aromatic N) is 2.